The van der Waals surface area contributed by atoms with Gasteiger partial charge in [0.25, 0.3) is 5.91 Å². The van der Waals surface area contributed by atoms with E-state index in [2.05, 4.69) is 27.7 Å². The Balaban J connectivity index is 1.30. The van der Waals surface area contributed by atoms with Crippen molar-refractivity contribution in [3.8, 4) is 0 Å². The number of nitrogens with zero attached hydrogens (tertiary/aromatic N) is 1. The lowest BCUT2D eigenvalue weighted by molar-refractivity contribution is -0.123. The molecule has 2 amide bonds. The number of nitrogens with one attached hydrogen (secondary N) is 2. The van der Waals surface area contributed by atoms with E-state index in [1.807, 2.05) is 12.1 Å². The van der Waals surface area contributed by atoms with Gasteiger partial charge >= 0.3 is 0 Å². The fourth-order valence-corrected chi connectivity index (χ4v) is 5.07. The van der Waals surface area contributed by atoms with Crippen molar-refractivity contribution in [1.29, 1.82) is 0 Å². The van der Waals surface area contributed by atoms with E-state index in [0.717, 1.165) is 37.3 Å². The Morgan fingerprint density at radius 2 is 1.71 bits per heavy atom. The SMILES string of the molecule is C[C@@H](NC(=O)c1cccc(Cl)c1)C(=O)NC1C[C@H]2CC[C@@H](C1)N2Cc1ccc(Cl)cc1. The van der Waals surface area contributed by atoms with Crippen LogP contribution in [-0.2, 0) is 11.3 Å². The standard InChI is InChI=1S/C24H27Cl2N3O2/c1-15(27-24(31)17-3-2-4-19(26)11-17)23(30)28-20-12-21-9-10-22(13-20)29(21)14-16-5-7-18(25)8-6-16/h2-8,11,15,20-22H,9-10,12-14H2,1H3,(H,27,31)(H,28,30)/t15-,20?,21-,22+/m1/s1. The van der Waals surface area contributed by atoms with Gasteiger partial charge in [0, 0.05) is 40.3 Å². The highest BCUT2D eigenvalue weighted by molar-refractivity contribution is 6.31. The maximum atomic E-state index is 12.7. The number of amides is 2. The van der Waals surface area contributed by atoms with Crippen molar-refractivity contribution in [3.05, 3.63) is 69.7 Å². The summed E-state index contributed by atoms with van der Waals surface area (Å²) in [5, 5.41) is 7.17. The van der Waals surface area contributed by atoms with Gasteiger partial charge in [0.05, 0.1) is 0 Å². The minimum absolute atomic E-state index is 0.136. The first-order valence-electron chi connectivity index (χ1n) is 10.8. The summed E-state index contributed by atoms with van der Waals surface area (Å²) < 4.78 is 0. The van der Waals surface area contributed by atoms with Crippen LogP contribution in [0.5, 0.6) is 0 Å². The van der Waals surface area contributed by atoms with Crippen molar-refractivity contribution in [2.45, 2.75) is 63.3 Å². The first-order chi connectivity index (χ1) is 14.9. The van der Waals surface area contributed by atoms with Gasteiger partial charge in [-0.05, 0) is 68.5 Å². The van der Waals surface area contributed by atoms with E-state index in [-0.39, 0.29) is 17.9 Å². The molecule has 2 aliphatic rings. The van der Waals surface area contributed by atoms with E-state index in [1.165, 1.54) is 5.56 Å². The summed E-state index contributed by atoms with van der Waals surface area (Å²) in [6.45, 7) is 2.63. The molecule has 4 rings (SSSR count). The van der Waals surface area contributed by atoms with E-state index in [9.17, 15) is 9.59 Å². The van der Waals surface area contributed by atoms with E-state index >= 15 is 0 Å². The minimum Gasteiger partial charge on any atom is -0.351 e. The molecule has 5 nitrogen and oxygen atoms in total. The zero-order valence-electron chi connectivity index (χ0n) is 17.5. The molecule has 2 saturated heterocycles. The summed E-state index contributed by atoms with van der Waals surface area (Å²) in [5.74, 6) is -0.450. The topological polar surface area (TPSA) is 61.4 Å². The third-order valence-electron chi connectivity index (χ3n) is 6.34. The van der Waals surface area contributed by atoms with E-state index in [1.54, 1.807) is 31.2 Å². The van der Waals surface area contributed by atoms with Gasteiger partial charge in [-0.2, -0.15) is 0 Å². The molecule has 31 heavy (non-hydrogen) atoms. The smallest absolute Gasteiger partial charge is 0.251 e. The molecule has 2 fully saturated rings. The highest BCUT2D eigenvalue weighted by atomic mass is 35.5. The van der Waals surface area contributed by atoms with Gasteiger partial charge in [0.15, 0.2) is 0 Å². The molecule has 2 heterocycles. The molecular formula is C24H27Cl2N3O2. The van der Waals surface area contributed by atoms with Crippen LogP contribution in [0.2, 0.25) is 10.0 Å². The van der Waals surface area contributed by atoms with Gasteiger partial charge in [-0.1, -0.05) is 41.4 Å². The average molecular weight is 460 g/mol. The summed E-state index contributed by atoms with van der Waals surface area (Å²) in [5.41, 5.74) is 1.71. The van der Waals surface area contributed by atoms with E-state index < -0.39 is 6.04 Å². The fourth-order valence-electron chi connectivity index (χ4n) is 4.75. The highest BCUT2D eigenvalue weighted by Gasteiger charge is 2.41. The van der Waals surface area contributed by atoms with Crippen LogP contribution in [0, 0.1) is 0 Å². The van der Waals surface area contributed by atoms with Gasteiger partial charge < -0.3 is 10.6 Å². The Hall–Kier alpha value is -2.08. The molecular weight excluding hydrogens is 433 g/mol. The van der Waals surface area contributed by atoms with Gasteiger partial charge in [-0.3, -0.25) is 14.5 Å². The van der Waals surface area contributed by atoms with Gasteiger partial charge in [-0.25, -0.2) is 0 Å². The van der Waals surface area contributed by atoms with Gasteiger partial charge in [-0.15, -0.1) is 0 Å². The first kappa shape index (κ1) is 22.1. The third kappa shape index (κ3) is 5.40. The Labute approximate surface area is 193 Å². The Morgan fingerprint density at radius 3 is 2.35 bits per heavy atom. The first-order valence-corrected chi connectivity index (χ1v) is 11.5. The minimum atomic E-state index is -0.615. The predicted molar refractivity (Wildman–Crippen MR) is 123 cm³/mol. The molecule has 0 aliphatic carbocycles. The van der Waals surface area contributed by atoms with Crippen LogP contribution >= 0.6 is 23.2 Å². The average Bonchev–Trinajstić information content (AvgIpc) is 2.97. The molecule has 7 heteroatoms. The fraction of sp³-hybridized carbons (Fsp3) is 0.417. The highest BCUT2D eigenvalue weighted by Crippen LogP contribution is 2.37. The summed E-state index contributed by atoms with van der Waals surface area (Å²) in [7, 11) is 0. The molecule has 2 aromatic rings. The lowest BCUT2D eigenvalue weighted by Gasteiger charge is -2.39. The number of halogens is 2. The maximum absolute atomic E-state index is 12.7. The number of rotatable bonds is 6. The van der Waals surface area contributed by atoms with Crippen molar-refractivity contribution >= 4 is 35.0 Å². The summed E-state index contributed by atoms with van der Waals surface area (Å²) in [6, 6.07) is 15.2. The second-order valence-electron chi connectivity index (χ2n) is 8.57. The Morgan fingerprint density at radius 1 is 1.03 bits per heavy atom. The number of carbonyl (C=O) groups is 2. The van der Waals surface area contributed by atoms with Crippen LogP contribution in [-0.4, -0.2) is 40.9 Å². The number of benzene rings is 2. The quantitative estimate of drug-likeness (QED) is 0.671. The van der Waals surface area contributed by atoms with E-state index in [0.29, 0.717) is 22.7 Å². The van der Waals surface area contributed by atoms with Crippen LogP contribution in [0.25, 0.3) is 0 Å². The molecule has 164 valence electrons. The normalized spacial score (nSPS) is 23.9. The third-order valence-corrected chi connectivity index (χ3v) is 6.82. The summed E-state index contributed by atoms with van der Waals surface area (Å²) >= 11 is 12.0. The van der Waals surface area contributed by atoms with Crippen molar-refractivity contribution in [1.82, 2.24) is 15.5 Å². The molecule has 1 unspecified atom stereocenters. The number of piperidine rings is 1. The molecule has 2 aromatic carbocycles. The lowest BCUT2D eigenvalue weighted by atomic mass is 9.96. The second kappa shape index (κ2) is 9.60. The van der Waals surface area contributed by atoms with Crippen molar-refractivity contribution < 1.29 is 9.59 Å². The molecule has 0 radical (unpaired) electrons. The van der Waals surface area contributed by atoms with Gasteiger partial charge in [0.2, 0.25) is 5.91 Å². The van der Waals surface area contributed by atoms with Crippen LogP contribution in [0.3, 0.4) is 0 Å². The lowest BCUT2D eigenvalue weighted by Crippen LogP contribution is -2.53. The zero-order chi connectivity index (χ0) is 22.0. The number of hydrogen-bond donors (Lipinski definition) is 2. The Bertz CT molecular complexity index is 936. The molecule has 2 aliphatic heterocycles. The summed E-state index contributed by atoms with van der Waals surface area (Å²) in [6.07, 6.45) is 4.19. The molecule has 0 saturated carbocycles. The van der Waals surface area contributed by atoms with Crippen molar-refractivity contribution in [2.75, 3.05) is 0 Å². The number of fused-ring (bicyclic) bond motifs is 2. The van der Waals surface area contributed by atoms with Crippen LogP contribution in [0.15, 0.2) is 48.5 Å². The van der Waals surface area contributed by atoms with Crippen molar-refractivity contribution in [3.63, 3.8) is 0 Å². The van der Waals surface area contributed by atoms with Crippen LogP contribution in [0.1, 0.15) is 48.5 Å². The maximum Gasteiger partial charge on any atom is 0.251 e. The second-order valence-corrected chi connectivity index (χ2v) is 9.44. The van der Waals surface area contributed by atoms with Gasteiger partial charge in [0.1, 0.15) is 6.04 Å². The summed E-state index contributed by atoms with van der Waals surface area (Å²) in [4.78, 5) is 27.7. The molecule has 4 atom stereocenters. The van der Waals surface area contributed by atoms with Crippen LogP contribution in [0.4, 0.5) is 0 Å². The number of hydrogen-bond acceptors (Lipinski definition) is 3. The molecule has 2 N–H and O–H groups in total. The van der Waals surface area contributed by atoms with Crippen LogP contribution < -0.4 is 10.6 Å². The Kier molecular flexibility index (Phi) is 6.85. The largest absolute Gasteiger partial charge is 0.351 e. The molecule has 0 aromatic heterocycles. The van der Waals surface area contributed by atoms with E-state index in [4.69, 9.17) is 23.2 Å². The van der Waals surface area contributed by atoms with Crippen molar-refractivity contribution in [2.24, 2.45) is 0 Å². The molecule has 0 spiro atoms. The monoisotopic (exact) mass is 459 g/mol. The number of carbonyl (C=O) groups excluding carboxylic acids is 2. The zero-order valence-corrected chi connectivity index (χ0v) is 19.0. The molecule has 2 bridgehead atoms. The predicted octanol–water partition coefficient (Wildman–Crippen LogP) is 4.42.